The number of nitrogens with one attached hydrogen (secondary N) is 2. The van der Waals surface area contributed by atoms with Crippen LogP contribution >= 0.6 is 0 Å². The molecule has 30 heavy (non-hydrogen) atoms. The van der Waals surface area contributed by atoms with Gasteiger partial charge in [-0.1, -0.05) is 54.6 Å². The molecule has 4 rings (SSSR count). The van der Waals surface area contributed by atoms with E-state index in [0.717, 1.165) is 22.4 Å². The van der Waals surface area contributed by atoms with Gasteiger partial charge < -0.3 is 14.6 Å². The minimum absolute atomic E-state index is 0.0315. The number of hydrogen-bond acceptors (Lipinski definition) is 4. The van der Waals surface area contributed by atoms with E-state index in [1.807, 2.05) is 72.8 Å². The van der Waals surface area contributed by atoms with Gasteiger partial charge in [-0.3, -0.25) is 9.59 Å². The summed E-state index contributed by atoms with van der Waals surface area (Å²) in [6, 6.07) is 24.7. The van der Waals surface area contributed by atoms with E-state index in [9.17, 15) is 9.59 Å². The minimum atomic E-state index is -0.560. The first-order valence-electron chi connectivity index (χ1n) is 9.44. The summed E-state index contributed by atoms with van der Waals surface area (Å²) in [7, 11) is 1.59. The lowest BCUT2D eigenvalue weighted by Gasteiger charge is -2.08. The van der Waals surface area contributed by atoms with Crippen molar-refractivity contribution in [1.29, 1.82) is 0 Å². The van der Waals surface area contributed by atoms with Crippen LogP contribution in [0.4, 0.5) is 5.69 Å². The Morgan fingerprint density at radius 3 is 2.43 bits per heavy atom. The Labute approximate surface area is 173 Å². The minimum Gasteiger partial charge on any atom is -0.497 e. The van der Waals surface area contributed by atoms with E-state index in [1.54, 1.807) is 13.2 Å². The number of H-pyrrole nitrogens is 1. The van der Waals surface area contributed by atoms with Crippen molar-refractivity contribution in [2.75, 3.05) is 12.4 Å². The maximum atomic E-state index is 12.8. The Morgan fingerprint density at radius 2 is 1.70 bits per heavy atom. The van der Waals surface area contributed by atoms with Gasteiger partial charge in [-0.05, 0) is 41.0 Å². The fraction of sp³-hybridized carbons (Fsp3) is 0.0833. The van der Waals surface area contributed by atoms with E-state index < -0.39 is 11.5 Å². The third-order valence-corrected chi connectivity index (χ3v) is 4.75. The summed E-state index contributed by atoms with van der Waals surface area (Å²) in [6.07, 6.45) is 0.301. The SMILES string of the molecule is COc1ccc(Cc2o[nH]c(=O)c2C(=O)Nc2cccc(-c3ccccc3)c2)cc1. The van der Waals surface area contributed by atoms with Gasteiger partial charge in [-0.15, -0.1) is 0 Å². The molecular formula is C24H20N2O4. The van der Waals surface area contributed by atoms with E-state index in [4.69, 9.17) is 9.26 Å². The van der Waals surface area contributed by atoms with Crippen LogP contribution in [-0.4, -0.2) is 18.2 Å². The molecule has 1 aromatic heterocycles. The van der Waals surface area contributed by atoms with Crippen LogP contribution in [0.1, 0.15) is 21.7 Å². The van der Waals surface area contributed by atoms with Crippen molar-refractivity contribution in [2.24, 2.45) is 0 Å². The number of rotatable bonds is 6. The number of carbonyl (C=O) groups is 1. The zero-order valence-corrected chi connectivity index (χ0v) is 16.3. The second kappa shape index (κ2) is 8.53. The number of amides is 1. The molecular weight excluding hydrogens is 380 g/mol. The van der Waals surface area contributed by atoms with Crippen molar-refractivity contribution in [2.45, 2.75) is 6.42 Å². The lowest BCUT2D eigenvalue weighted by Crippen LogP contribution is -2.21. The molecule has 1 heterocycles. The van der Waals surface area contributed by atoms with Gasteiger partial charge in [-0.2, -0.15) is 5.16 Å². The van der Waals surface area contributed by atoms with E-state index in [1.165, 1.54) is 0 Å². The highest BCUT2D eigenvalue weighted by atomic mass is 16.5. The first-order chi connectivity index (χ1) is 14.6. The Balaban J connectivity index is 1.56. The standard InChI is InChI=1S/C24H20N2O4/c1-29-20-12-10-16(11-13-20)14-21-22(24(28)26-30-21)23(27)25-19-9-5-8-18(15-19)17-6-3-2-4-7-17/h2-13,15H,14H2,1H3,(H,25,27)(H,26,28). The maximum absolute atomic E-state index is 12.8. The topological polar surface area (TPSA) is 84.3 Å². The van der Waals surface area contributed by atoms with Gasteiger partial charge in [0.2, 0.25) is 0 Å². The molecule has 6 heteroatoms. The summed E-state index contributed by atoms with van der Waals surface area (Å²) in [4.78, 5) is 25.1. The van der Waals surface area contributed by atoms with Crippen molar-refractivity contribution in [3.8, 4) is 16.9 Å². The molecule has 0 saturated heterocycles. The summed E-state index contributed by atoms with van der Waals surface area (Å²) in [5.74, 6) is 0.492. The molecule has 0 aliphatic heterocycles. The van der Waals surface area contributed by atoms with E-state index in [2.05, 4.69) is 10.5 Å². The molecule has 6 nitrogen and oxygen atoms in total. The monoisotopic (exact) mass is 400 g/mol. The molecule has 1 amide bonds. The lowest BCUT2D eigenvalue weighted by atomic mass is 10.0. The van der Waals surface area contributed by atoms with Crippen LogP contribution in [0.2, 0.25) is 0 Å². The van der Waals surface area contributed by atoms with Gasteiger partial charge in [0.25, 0.3) is 11.5 Å². The number of anilines is 1. The Bertz CT molecular complexity index is 1210. The number of aromatic amines is 1. The highest BCUT2D eigenvalue weighted by molar-refractivity contribution is 6.05. The van der Waals surface area contributed by atoms with E-state index >= 15 is 0 Å². The van der Waals surface area contributed by atoms with Gasteiger partial charge in [0.1, 0.15) is 11.3 Å². The van der Waals surface area contributed by atoms with Crippen molar-refractivity contribution in [3.63, 3.8) is 0 Å². The average Bonchev–Trinajstić information content (AvgIpc) is 3.15. The number of methoxy groups -OCH3 is 1. The van der Waals surface area contributed by atoms with Crippen LogP contribution in [0, 0.1) is 0 Å². The lowest BCUT2D eigenvalue weighted by molar-refractivity contribution is 0.102. The fourth-order valence-electron chi connectivity index (χ4n) is 3.22. The van der Waals surface area contributed by atoms with Crippen molar-refractivity contribution in [1.82, 2.24) is 5.16 Å². The smallest absolute Gasteiger partial charge is 0.293 e. The molecule has 3 aromatic carbocycles. The van der Waals surface area contributed by atoms with Crippen LogP contribution in [0.5, 0.6) is 5.75 Å². The van der Waals surface area contributed by atoms with Gasteiger partial charge in [0, 0.05) is 12.1 Å². The predicted molar refractivity (Wildman–Crippen MR) is 115 cm³/mol. The number of ether oxygens (including phenoxy) is 1. The predicted octanol–water partition coefficient (Wildman–Crippen LogP) is 4.49. The van der Waals surface area contributed by atoms with Crippen LogP contribution in [-0.2, 0) is 6.42 Å². The average molecular weight is 400 g/mol. The van der Waals surface area contributed by atoms with Crippen LogP contribution in [0.3, 0.4) is 0 Å². The molecule has 0 spiro atoms. The van der Waals surface area contributed by atoms with Gasteiger partial charge in [-0.25, -0.2) is 0 Å². The van der Waals surface area contributed by atoms with Gasteiger partial charge in [0.05, 0.1) is 7.11 Å². The number of carbonyl (C=O) groups excluding carboxylic acids is 1. The summed E-state index contributed by atoms with van der Waals surface area (Å²) in [5, 5.41) is 5.07. The molecule has 4 aromatic rings. The van der Waals surface area contributed by atoms with Crippen molar-refractivity contribution in [3.05, 3.63) is 106 Å². The van der Waals surface area contributed by atoms with Crippen LogP contribution in [0.25, 0.3) is 11.1 Å². The first kappa shape index (κ1) is 19.3. The second-order valence-electron chi connectivity index (χ2n) is 6.76. The number of benzene rings is 3. The number of aromatic nitrogens is 1. The summed E-state index contributed by atoms with van der Waals surface area (Å²) < 4.78 is 10.4. The molecule has 2 N–H and O–H groups in total. The first-order valence-corrected chi connectivity index (χ1v) is 9.44. The highest BCUT2D eigenvalue weighted by Gasteiger charge is 2.21. The molecule has 0 aliphatic carbocycles. The fourth-order valence-corrected chi connectivity index (χ4v) is 3.22. The van der Waals surface area contributed by atoms with Gasteiger partial charge >= 0.3 is 0 Å². The summed E-state index contributed by atoms with van der Waals surface area (Å²) >= 11 is 0. The van der Waals surface area contributed by atoms with Crippen molar-refractivity contribution >= 4 is 11.6 Å². The summed E-state index contributed by atoms with van der Waals surface area (Å²) in [6.45, 7) is 0. The summed E-state index contributed by atoms with van der Waals surface area (Å²) in [5.41, 5.74) is 2.89. The third-order valence-electron chi connectivity index (χ3n) is 4.75. The van der Waals surface area contributed by atoms with Crippen LogP contribution in [0.15, 0.2) is 88.2 Å². The largest absolute Gasteiger partial charge is 0.497 e. The van der Waals surface area contributed by atoms with E-state index in [-0.39, 0.29) is 11.3 Å². The molecule has 0 aliphatic rings. The zero-order valence-electron chi connectivity index (χ0n) is 16.3. The Hall–Kier alpha value is -4.06. The highest BCUT2D eigenvalue weighted by Crippen LogP contribution is 2.23. The normalized spacial score (nSPS) is 10.6. The molecule has 0 bridgehead atoms. The second-order valence-corrected chi connectivity index (χ2v) is 6.76. The Kier molecular flexibility index (Phi) is 5.48. The molecule has 0 fully saturated rings. The molecule has 0 atom stereocenters. The molecule has 0 unspecified atom stereocenters. The molecule has 150 valence electrons. The molecule has 0 saturated carbocycles. The number of hydrogen-bond donors (Lipinski definition) is 2. The molecule has 0 radical (unpaired) electrons. The quantitative estimate of drug-likeness (QED) is 0.500. The zero-order chi connectivity index (χ0) is 20.9. The third kappa shape index (κ3) is 4.17. The maximum Gasteiger partial charge on any atom is 0.293 e. The van der Waals surface area contributed by atoms with Gasteiger partial charge in [0.15, 0.2) is 5.76 Å². The Morgan fingerprint density at radius 1 is 0.967 bits per heavy atom. The van der Waals surface area contributed by atoms with Crippen LogP contribution < -0.4 is 15.6 Å². The van der Waals surface area contributed by atoms with E-state index in [0.29, 0.717) is 12.1 Å². The van der Waals surface area contributed by atoms with Crippen molar-refractivity contribution < 1.29 is 14.1 Å².